The molecule has 0 bridgehead atoms. The molecule has 2 N–H and O–H groups in total. The normalized spacial score (nSPS) is 25.1. The summed E-state index contributed by atoms with van der Waals surface area (Å²) in [5.41, 5.74) is 1.08. The van der Waals surface area contributed by atoms with Crippen LogP contribution in [-0.4, -0.2) is 24.4 Å². The number of hydrogen-bond donors (Lipinski definition) is 2. The van der Waals surface area contributed by atoms with Gasteiger partial charge in [-0.1, -0.05) is 11.6 Å². The van der Waals surface area contributed by atoms with Crippen molar-refractivity contribution in [1.82, 2.24) is 5.32 Å². The first kappa shape index (κ1) is 14.6. The summed E-state index contributed by atoms with van der Waals surface area (Å²) in [6.07, 6.45) is 3.70. The predicted molar refractivity (Wildman–Crippen MR) is 77.8 cm³/mol. The zero-order valence-electron chi connectivity index (χ0n) is 11.5. The Hall–Kier alpha value is -0.770. The number of halogens is 1. The fraction of sp³-hybridized carbons (Fsp3) is 0.600. The largest absolute Gasteiger partial charge is 0.496 e. The van der Waals surface area contributed by atoms with Crippen LogP contribution < -0.4 is 10.1 Å². The van der Waals surface area contributed by atoms with E-state index in [1.165, 1.54) is 0 Å². The lowest BCUT2D eigenvalue weighted by atomic mass is 9.92. The Kier molecular flexibility index (Phi) is 5.08. The average molecular weight is 284 g/mol. The molecular weight excluding hydrogens is 262 g/mol. The second-order valence-corrected chi connectivity index (χ2v) is 5.72. The van der Waals surface area contributed by atoms with Gasteiger partial charge in [-0.15, -0.1) is 0 Å². The minimum Gasteiger partial charge on any atom is -0.496 e. The quantitative estimate of drug-likeness (QED) is 0.891. The van der Waals surface area contributed by atoms with Gasteiger partial charge in [0.2, 0.25) is 0 Å². The number of aliphatic hydroxyl groups is 1. The fourth-order valence-electron chi connectivity index (χ4n) is 2.73. The molecule has 1 unspecified atom stereocenters. The summed E-state index contributed by atoms with van der Waals surface area (Å²) in [7, 11) is 1.68. The maximum absolute atomic E-state index is 9.53. The van der Waals surface area contributed by atoms with Crippen molar-refractivity contribution >= 4 is 11.6 Å². The van der Waals surface area contributed by atoms with Gasteiger partial charge < -0.3 is 15.2 Å². The molecule has 19 heavy (non-hydrogen) atoms. The minimum atomic E-state index is -0.117. The number of methoxy groups -OCH3 is 1. The van der Waals surface area contributed by atoms with Crippen LogP contribution in [0.2, 0.25) is 5.02 Å². The molecule has 1 aromatic rings. The molecule has 0 saturated heterocycles. The van der Waals surface area contributed by atoms with Crippen LogP contribution in [0.25, 0.3) is 0 Å². The molecule has 1 saturated carbocycles. The van der Waals surface area contributed by atoms with E-state index in [1.54, 1.807) is 7.11 Å². The Morgan fingerprint density at radius 2 is 2.00 bits per heavy atom. The topological polar surface area (TPSA) is 41.5 Å². The summed E-state index contributed by atoms with van der Waals surface area (Å²) in [5, 5.41) is 13.9. The third-order valence-electron chi connectivity index (χ3n) is 3.84. The third-order valence-corrected chi connectivity index (χ3v) is 4.08. The standard InChI is InChI=1S/C15H22ClNO2/c1-10(17-12-4-6-13(18)7-5-12)14-9-11(16)3-8-15(14)19-2/h3,8-10,12-13,17-18H,4-7H2,1-2H3. The van der Waals surface area contributed by atoms with Crippen molar-refractivity contribution < 1.29 is 9.84 Å². The average Bonchev–Trinajstić information content (AvgIpc) is 2.41. The highest BCUT2D eigenvalue weighted by molar-refractivity contribution is 6.30. The lowest BCUT2D eigenvalue weighted by Gasteiger charge is -2.29. The molecule has 1 aliphatic carbocycles. The highest BCUT2D eigenvalue weighted by Crippen LogP contribution is 2.29. The molecule has 0 spiro atoms. The molecule has 0 amide bonds. The zero-order chi connectivity index (χ0) is 13.8. The van der Waals surface area contributed by atoms with Crippen molar-refractivity contribution in [2.75, 3.05) is 7.11 Å². The molecule has 0 radical (unpaired) electrons. The maximum atomic E-state index is 9.53. The maximum Gasteiger partial charge on any atom is 0.123 e. The molecule has 1 fully saturated rings. The molecule has 3 nitrogen and oxygen atoms in total. The van der Waals surface area contributed by atoms with E-state index in [0.717, 1.165) is 42.0 Å². The van der Waals surface area contributed by atoms with Gasteiger partial charge in [-0.25, -0.2) is 0 Å². The second kappa shape index (κ2) is 6.60. The van der Waals surface area contributed by atoms with E-state index < -0.39 is 0 Å². The van der Waals surface area contributed by atoms with E-state index in [0.29, 0.717) is 6.04 Å². The molecule has 1 atom stereocenters. The first-order valence-electron chi connectivity index (χ1n) is 6.87. The zero-order valence-corrected chi connectivity index (χ0v) is 12.3. The van der Waals surface area contributed by atoms with Crippen molar-refractivity contribution in [2.45, 2.75) is 50.8 Å². The molecule has 1 aliphatic rings. The number of aliphatic hydroxyl groups excluding tert-OH is 1. The van der Waals surface area contributed by atoms with Crippen molar-refractivity contribution in [1.29, 1.82) is 0 Å². The first-order valence-corrected chi connectivity index (χ1v) is 7.25. The molecule has 2 rings (SSSR count). The van der Waals surface area contributed by atoms with E-state index in [9.17, 15) is 5.11 Å². The summed E-state index contributed by atoms with van der Waals surface area (Å²) in [6, 6.07) is 6.35. The van der Waals surface area contributed by atoms with Gasteiger partial charge in [-0.3, -0.25) is 0 Å². The van der Waals surface area contributed by atoms with Gasteiger partial charge >= 0.3 is 0 Å². The van der Waals surface area contributed by atoms with Gasteiger partial charge in [0, 0.05) is 22.7 Å². The lowest BCUT2D eigenvalue weighted by molar-refractivity contribution is 0.114. The van der Waals surface area contributed by atoms with Crippen LogP contribution in [0.4, 0.5) is 0 Å². The van der Waals surface area contributed by atoms with Gasteiger partial charge in [0.15, 0.2) is 0 Å². The Bertz CT molecular complexity index is 417. The Morgan fingerprint density at radius 3 is 2.63 bits per heavy atom. The van der Waals surface area contributed by atoms with Gasteiger partial charge in [0.1, 0.15) is 5.75 Å². The summed E-state index contributed by atoms with van der Waals surface area (Å²) in [6.45, 7) is 2.12. The monoisotopic (exact) mass is 283 g/mol. The summed E-state index contributed by atoms with van der Waals surface area (Å²) in [5.74, 6) is 0.861. The van der Waals surface area contributed by atoms with Crippen molar-refractivity contribution in [3.05, 3.63) is 28.8 Å². The van der Waals surface area contributed by atoms with E-state index in [4.69, 9.17) is 16.3 Å². The van der Waals surface area contributed by atoms with Crippen LogP contribution in [-0.2, 0) is 0 Å². The smallest absolute Gasteiger partial charge is 0.123 e. The van der Waals surface area contributed by atoms with E-state index in [2.05, 4.69) is 12.2 Å². The van der Waals surface area contributed by atoms with E-state index in [1.807, 2.05) is 18.2 Å². The summed E-state index contributed by atoms with van der Waals surface area (Å²) < 4.78 is 5.39. The number of benzene rings is 1. The first-order chi connectivity index (χ1) is 9.10. The molecular formula is C15H22ClNO2. The van der Waals surface area contributed by atoms with Crippen LogP contribution in [0, 0.1) is 0 Å². The van der Waals surface area contributed by atoms with Gasteiger partial charge in [0.25, 0.3) is 0 Å². The van der Waals surface area contributed by atoms with Crippen LogP contribution >= 0.6 is 11.6 Å². The Balaban J connectivity index is 2.03. The summed E-state index contributed by atoms with van der Waals surface area (Å²) in [4.78, 5) is 0. The Labute approximate surface area is 119 Å². The van der Waals surface area contributed by atoms with E-state index >= 15 is 0 Å². The van der Waals surface area contributed by atoms with Crippen molar-refractivity contribution in [3.63, 3.8) is 0 Å². The SMILES string of the molecule is COc1ccc(Cl)cc1C(C)NC1CCC(O)CC1. The number of rotatable bonds is 4. The Morgan fingerprint density at radius 1 is 1.32 bits per heavy atom. The van der Waals surface area contributed by atoms with Crippen molar-refractivity contribution in [3.8, 4) is 5.75 Å². The van der Waals surface area contributed by atoms with Gasteiger partial charge in [-0.2, -0.15) is 0 Å². The molecule has 0 aromatic heterocycles. The molecule has 4 heteroatoms. The number of nitrogens with one attached hydrogen (secondary N) is 1. The van der Waals surface area contributed by atoms with Crippen LogP contribution in [0.1, 0.15) is 44.2 Å². The molecule has 106 valence electrons. The van der Waals surface area contributed by atoms with Gasteiger partial charge in [-0.05, 0) is 50.8 Å². The van der Waals surface area contributed by atoms with Crippen LogP contribution in [0.5, 0.6) is 5.75 Å². The fourth-order valence-corrected chi connectivity index (χ4v) is 2.91. The molecule has 1 aromatic carbocycles. The molecule has 0 heterocycles. The number of ether oxygens (including phenoxy) is 1. The predicted octanol–water partition coefficient (Wildman–Crippen LogP) is 3.30. The summed E-state index contributed by atoms with van der Waals surface area (Å²) >= 11 is 6.06. The third kappa shape index (κ3) is 3.85. The highest BCUT2D eigenvalue weighted by atomic mass is 35.5. The highest BCUT2D eigenvalue weighted by Gasteiger charge is 2.22. The van der Waals surface area contributed by atoms with Crippen LogP contribution in [0.15, 0.2) is 18.2 Å². The lowest BCUT2D eigenvalue weighted by Crippen LogP contribution is -2.36. The second-order valence-electron chi connectivity index (χ2n) is 5.28. The number of hydrogen-bond acceptors (Lipinski definition) is 3. The minimum absolute atomic E-state index is 0.117. The van der Waals surface area contributed by atoms with E-state index in [-0.39, 0.29) is 12.1 Å². The van der Waals surface area contributed by atoms with Crippen LogP contribution in [0.3, 0.4) is 0 Å². The molecule has 0 aliphatic heterocycles. The van der Waals surface area contributed by atoms with Gasteiger partial charge in [0.05, 0.1) is 13.2 Å². The van der Waals surface area contributed by atoms with Crippen molar-refractivity contribution in [2.24, 2.45) is 0 Å².